The second-order valence-electron chi connectivity index (χ2n) is 4.34. The summed E-state index contributed by atoms with van der Waals surface area (Å²) >= 11 is 0. The van der Waals surface area contributed by atoms with Crippen molar-refractivity contribution >= 4 is 7.60 Å². The smallest absolute Gasteiger partial charge is 0.324 e. The minimum absolute atomic E-state index is 0.0689. The minimum Gasteiger partial charge on any atom is -0.324 e. The lowest BCUT2D eigenvalue weighted by molar-refractivity contribution is 0.144. The van der Waals surface area contributed by atoms with Crippen molar-refractivity contribution in [3.8, 4) is 0 Å². The maximum Gasteiger partial charge on any atom is 0.333 e. The molecule has 14 heavy (non-hydrogen) atoms. The summed E-state index contributed by atoms with van der Waals surface area (Å²) in [5, 5.41) is 3.22. The average Bonchev–Trinajstić information content (AvgIpc) is 2.46. The van der Waals surface area contributed by atoms with Crippen LogP contribution in [0.5, 0.6) is 0 Å². The maximum absolute atomic E-state index is 11.9. The third-order valence-corrected chi connectivity index (χ3v) is 5.73. The molecule has 0 radical (unpaired) electrons. The summed E-state index contributed by atoms with van der Waals surface area (Å²) in [5.74, 6) is 0. The van der Waals surface area contributed by atoms with Crippen molar-refractivity contribution in [2.75, 3.05) is 19.7 Å². The van der Waals surface area contributed by atoms with E-state index in [9.17, 15) is 9.46 Å². The zero-order valence-corrected chi connectivity index (χ0v) is 9.43. The van der Waals surface area contributed by atoms with Gasteiger partial charge in [-0.1, -0.05) is 6.42 Å². The molecule has 2 aliphatic rings. The van der Waals surface area contributed by atoms with Gasteiger partial charge in [0, 0.05) is 13.1 Å². The van der Waals surface area contributed by atoms with E-state index >= 15 is 0 Å². The molecular weight excluding hydrogens is 201 g/mol. The molecule has 5 heteroatoms. The first kappa shape index (κ1) is 10.6. The molecule has 0 aromatic rings. The van der Waals surface area contributed by atoms with Crippen molar-refractivity contribution in [1.82, 2.24) is 5.32 Å². The second kappa shape index (κ2) is 3.60. The third kappa shape index (κ3) is 1.54. The molecule has 2 unspecified atom stereocenters. The first-order chi connectivity index (χ1) is 6.61. The van der Waals surface area contributed by atoms with Gasteiger partial charge < -0.3 is 14.7 Å². The Balaban J connectivity index is 2.13. The van der Waals surface area contributed by atoms with Gasteiger partial charge >= 0.3 is 7.60 Å². The molecule has 1 aliphatic heterocycles. The van der Waals surface area contributed by atoms with Crippen LogP contribution in [0.3, 0.4) is 0 Å². The Morgan fingerprint density at radius 2 is 2.36 bits per heavy atom. The van der Waals surface area contributed by atoms with Gasteiger partial charge in [0.15, 0.2) is 0 Å². The zero-order chi connectivity index (χ0) is 10.2. The lowest BCUT2D eigenvalue weighted by Gasteiger charge is -2.43. The number of rotatable bonds is 3. The van der Waals surface area contributed by atoms with Crippen molar-refractivity contribution in [1.29, 1.82) is 0 Å². The molecule has 0 aromatic carbocycles. The Morgan fingerprint density at radius 1 is 1.64 bits per heavy atom. The van der Waals surface area contributed by atoms with Crippen molar-refractivity contribution in [2.45, 2.75) is 31.8 Å². The zero-order valence-electron chi connectivity index (χ0n) is 8.53. The molecule has 1 aliphatic carbocycles. The first-order valence-corrected chi connectivity index (χ1v) is 6.93. The molecule has 0 amide bonds. The fourth-order valence-electron chi connectivity index (χ4n) is 2.67. The van der Waals surface area contributed by atoms with Crippen LogP contribution in [0.4, 0.5) is 0 Å². The predicted molar refractivity (Wildman–Crippen MR) is 54.4 cm³/mol. The van der Waals surface area contributed by atoms with E-state index in [-0.39, 0.29) is 11.1 Å². The van der Waals surface area contributed by atoms with Crippen molar-refractivity contribution in [3.05, 3.63) is 0 Å². The standard InChI is InChI=1S/C9H18NO3P/c1-2-13-14(11,12)8-6-10-7-9(8)4-3-5-9/h8,10H,2-7H2,1H3,(H,11,12). The van der Waals surface area contributed by atoms with Crippen LogP contribution in [0.25, 0.3) is 0 Å². The lowest BCUT2D eigenvalue weighted by atomic mass is 9.68. The fourth-order valence-corrected chi connectivity index (χ4v) is 4.62. The number of hydrogen-bond donors (Lipinski definition) is 2. The summed E-state index contributed by atoms with van der Waals surface area (Å²) in [6.45, 7) is 3.60. The van der Waals surface area contributed by atoms with Crippen molar-refractivity contribution < 1.29 is 14.0 Å². The monoisotopic (exact) mass is 219 g/mol. The Kier molecular flexibility index (Phi) is 2.73. The van der Waals surface area contributed by atoms with Gasteiger partial charge in [0.1, 0.15) is 0 Å². The molecule has 0 bridgehead atoms. The van der Waals surface area contributed by atoms with E-state index in [0.29, 0.717) is 13.2 Å². The highest BCUT2D eigenvalue weighted by molar-refractivity contribution is 7.53. The Morgan fingerprint density at radius 3 is 2.86 bits per heavy atom. The van der Waals surface area contributed by atoms with E-state index in [1.165, 1.54) is 6.42 Å². The topological polar surface area (TPSA) is 58.6 Å². The first-order valence-electron chi connectivity index (χ1n) is 5.28. The predicted octanol–water partition coefficient (Wildman–Crippen LogP) is 1.35. The van der Waals surface area contributed by atoms with E-state index in [4.69, 9.17) is 4.52 Å². The van der Waals surface area contributed by atoms with Crippen LogP contribution in [0, 0.1) is 5.41 Å². The quantitative estimate of drug-likeness (QED) is 0.703. The lowest BCUT2D eigenvalue weighted by Crippen LogP contribution is -2.40. The molecule has 1 saturated heterocycles. The molecule has 2 atom stereocenters. The molecule has 2 N–H and O–H groups in total. The van der Waals surface area contributed by atoms with E-state index in [2.05, 4.69) is 5.32 Å². The highest BCUT2D eigenvalue weighted by Crippen LogP contribution is 2.61. The molecule has 2 rings (SSSR count). The second-order valence-corrected chi connectivity index (χ2v) is 6.35. The van der Waals surface area contributed by atoms with Crippen molar-refractivity contribution in [2.24, 2.45) is 5.41 Å². The summed E-state index contributed by atoms with van der Waals surface area (Å²) in [6, 6.07) is 0. The molecule has 0 aromatic heterocycles. The minimum atomic E-state index is -3.39. The van der Waals surface area contributed by atoms with Gasteiger partial charge in [-0.2, -0.15) is 0 Å². The summed E-state index contributed by atoms with van der Waals surface area (Å²) in [7, 11) is -3.39. The van der Waals surface area contributed by atoms with Crippen LogP contribution in [0.15, 0.2) is 0 Å². The Labute approximate surface area is 84.6 Å². The highest BCUT2D eigenvalue weighted by atomic mass is 31.2. The third-order valence-electron chi connectivity index (χ3n) is 3.58. The normalized spacial score (nSPS) is 34.0. The van der Waals surface area contributed by atoms with Crippen LogP contribution in [-0.2, 0) is 9.09 Å². The van der Waals surface area contributed by atoms with Crippen molar-refractivity contribution in [3.63, 3.8) is 0 Å². The molecule has 82 valence electrons. The summed E-state index contributed by atoms with van der Waals surface area (Å²) in [5.41, 5.74) is -0.108. The van der Waals surface area contributed by atoms with Gasteiger partial charge in [0.05, 0.1) is 12.3 Å². The van der Waals surface area contributed by atoms with Gasteiger partial charge in [-0.05, 0) is 25.2 Å². The van der Waals surface area contributed by atoms with E-state index in [0.717, 1.165) is 19.4 Å². The molecule has 1 heterocycles. The number of nitrogens with one attached hydrogen (secondary N) is 1. The summed E-state index contributed by atoms with van der Waals surface area (Å²) < 4.78 is 16.9. The van der Waals surface area contributed by atoms with Crippen LogP contribution in [-0.4, -0.2) is 30.2 Å². The van der Waals surface area contributed by atoms with Gasteiger partial charge in [0.2, 0.25) is 0 Å². The molecule has 1 saturated carbocycles. The summed E-state index contributed by atoms with van der Waals surface area (Å²) in [4.78, 5) is 9.81. The molecule has 4 nitrogen and oxygen atoms in total. The SMILES string of the molecule is CCOP(=O)(O)C1CNCC12CCC2. The largest absolute Gasteiger partial charge is 0.333 e. The maximum atomic E-state index is 11.9. The van der Waals surface area contributed by atoms with Gasteiger partial charge in [-0.15, -0.1) is 0 Å². The average molecular weight is 219 g/mol. The van der Waals surface area contributed by atoms with E-state index in [1.54, 1.807) is 6.92 Å². The Hall–Kier alpha value is 0.110. The van der Waals surface area contributed by atoms with Crippen LogP contribution in [0.2, 0.25) is 0 Å². The van der Waals surface area contributed by atoms with Crippen LogP contribution < -0.4 is 5.32 Å². The fraction of sp³-hybridized carbons (Fsp3) is 1.00. The molecule has 1 spiro atoms. The molecular formula is C9H18NO3P. The van der Waals surface area contributed by atoms with E-state index < -0.39 is 7.60 Å². The van der Waals surface area contributed by atoms with Gasteiger partial charge in [-0.25, -0.2) is 0 Å². The molecule has 2 fully saturated rings. The van der Waals surface area contributed by atoms with E-state index in [1.807, 2.05) is 0 Å². The number of hydrogen-bond acceptors (Lipinski definition) is 3. The van der Waals surface area contributed by atoms with Crippen LogP contribution in [0.1, 0.15) is 26.2 Å². The Bertz CT molecular complexity index is 265. The van der Waals surface area contributed by atoms with Gasteiger partial charge in [0.25, 0.3) is 0 Å². The van der Waals surface area contributed by atoms with Crippen LogP contribution >= 0.6 is 7.60 Å². The summed E-state index contributed by atoms with van der Waals surface area (Å²) in [6.07, 6.45) is 3.33. The highest BCUT2D eigenvalue weighted by Gasteiger charge is 2.55. The van der Waals surface area contributed by atoms with Gasteiger partial charge in [-0.3, -0.25) is 4.57 Å².